The van der Waals surface area contributed by atoms with Crippen LogP contribution in [-0.2, 0) is 22.2 Å². The molecule has 232 valence electrons. The monoisotopic (exact) mass is 625 g/mol. The number of carbonyl (C=O) groups excluding carboxylic acids is 1. The molecule has 8 rings (SSSR count). The van der Waals surface area contributed by atoms with E-state index >= 15 is 0 Å². The Morgan fingerprint density at radius 3 is 2.20 bits per heavy atom. The number of aliphatic hydroxyl groups is 1. The van der Waals surface area contributed by atoms with Crippen molar-refractivity contribution < 1.29 is 14.3 Å². The summed E-state index contributed by atoms with van der Waals surface area (Å²) in [5.41, 5.74) is 6.77. The summed E-state index contributed by atoms with van der Waals surface area (Å²) in [5.74, 6) is -0.218. The molecule has 1 aromatic heterocycles. The molecule has 46 heavy (non-hydrogen) atoms. The molecule has 2 unspecified atom stereocenters. The highest BCUT2D eigenvalue weighted by Gasteiger charge is 2.51. The van der Waals surface area contributed by atoms with Crippen LogP contribution in [0.25, 0.3) is 16.5 Å². The number of nitrogens with zero attached hydrogens (tertiary/aromatic N) is 2. The fourth-order valence-electron chi connectivity index (χ4n) is 8.30. The van der Waals surface area contributed by atoms with Crippen molar-refractivity contribution in [3.8, 4) is 0 Å². The number of hydrogen-bond acceptors (Lipinski definition) is 4. The maximum atomic E-state index is 13.5. The third kappa shape index (κ3) is 4.19. The van der Waals surface area contributed by atoms with E-state index in [0.29, 0.717) is 17.9 Å². The zero-order chi connectivity index (χ0) is 31.6. The normalized spacial score (nSPS) is 18.8. The number of amides is 1. The first-order valence-electron chi connectivity index (χ1n) is 16.3. The third-order valence-corrected chi connectivity index (χ3v) is 15.1. The number of hydrogen-bond donors (Lipinski definition) is 2. The Balaban J connectivity index is 1.20. The van der Waals surface area contributed by atoms with E-state index in [9.17, 15) is 9.90 Å². The molecule has 0 aliphatic carbocycles. The molecule has 2 N–H and O–H groups in total. The van der Waals surface area contributed by atoms with Crippen LogP contribution in [0.3, 0.4) is 0 Å². The molecule has 5 aromatic rings. The van der Waals surface area contributed by atoms with Gasteiger partial charge < -0.3 is 24.3 Å². The fraction of sp³-hybridized carbons (Fsp3) is 0.256. The van der Waals surface area contributed by atoms with Crippen molar-refractivity contribution in [3.05, 3.63) is 132 Å². The van der Waals surface area contributed by atoms with Crippen molar-refractivity contribution in [2.45, 2.75) is 57.5 Å². The van der Waals surface area contributed by atoms with Gasteiger partial charge in [0.1, 0.15) is 0 Å². The Hall–Kier alpha value is -4.43. The molecule has 0 spiro atoms. The first kappa shape index (κ1) is 29.0. The highest BCUT2D eigenvalue weighted by Crippen LogP contribution is 2.53. The van der Waals surface area contributed by atoms with E-state index < -0.39 is 14.5 Å². The van der Waals surface area contributed by atoms with E-state index in [4.69, 9.17) is 4.43 Å². The largest absolute Gasteiger partial charge is 0.407 e. The number of aryl methyl sites for hydroxylation is 1. The van der Waals surface area contributed by atoms with Crippen LogP contribution >= 0.6 is 0 Å². The van der Waals surface area contributed by atoms with Crippen LogP contribution in [0.4, 0.5) is 5.69 Å². The van der Waals surface area contributed by atoms with Gasteiger partial charge >= 0.3 is 0 Å². The van der Waals surface area contributed by atoms with Crippen molar-refractivity contribution in [1.29, 1.82) is 0 Å². The summed E-state index contributed by atoms with van der Waals surface area (Å²) in [7, 11) is -2.66. The lowest BCUT2D eigenvalue weighted by Gasteiger charge is -2.43. The zero-order valence-electron chi connectivity index (χ0n) is 26.5. The van der Waals surface area contributed by atoms with E-state index in [1.54, 1.807) is 0 Å². The van der Waals surface area contributed by atoms with Gasteiger partial charge in [-0.3, -0.25) is 4.79 Å². The first-order chi connectivity index (χ1) is 22.3. The number of rotatable bonds is 7. The Kier molecular flexibility index (Phi) is 6.83. The molecule has 7 heteroatoms. The van der Waals surface area contributed by atoms with Crippen molar-refractivity contribution in [2.75, 3.05) is 11.5 Å². The number of anilines is 1. The Morgan fingerprint density at radius 1 is 0.870 bits per heavy atom. The molecule has 0 bridgehead atoms. The van der Waals surface area contributed by atoms with Gasteiger partial charge in [-0.1, -0.05) is 118 Å². The summed E-state index contributed by atoms with van der Waals surface area (Å²) >= 11 is 0. The number of nitrogens with one attached hydrogen (secondary N) is 1. The Morgan fingerprint density at radius 2 is 1.50 bits per heavy atom. The lowest BCUT2D eigenvalue weighted by Crippen LogP contribution is -2.66. The number of aromatic nitrogens is 1. The Bertz CT molecular complexity index is 1950. The molecule has 4 aromatic carbocycles. The summed E-state index contributed by atoms with van der Waals surface area (Å²) in [4.78, 5) is 15.7. The van der Waals surface area contributed by atoms with Gasteiger partial charge in [0.05, 0.1) is 23.0 Å². The number of carbonyl (C=O) groups is 1. The molecule has 2 atom stereocenters. The van der Waals surface area contributed by atoms with Crippen molar-refractivity contribution in [1.82, 2.24) is 9.88 Å². The average molecular weight is 626 g/mol. The van der Waals surface area contributed by atoms with Gasteiger partial charge in [-0.25, -0.2) is 0 Å². The van der Waals surface area contributed by atoms with Gasteiger partial charge in [-0.15, -0.1) is 0 Å². The molecular formula is C39H39N3O3Si. The first-order valence-corrected chi connectivity index (χ1v) is 18.2. The smallest absolute Gasteiger partial charge is 0.261 e. The number of fused-ring (bicyclic) bond motifs is 9. The summed E-state index contributed by atoms with van der Waals surface area (Å²) < 4.78 is 9.69. The summed E-state index contributed by atoms with van der Waals surface area (Å²) in [6.07, 6.45) is 0.595. The van der Waals surface area contributed by atoms with Crippen LogP contribution < -0.4 is 20.6 Å². The highest BCUT2D eigenvalue weighted by atomic mass is 28.4. The molecule has 0 fully saturated rings. The van der Waals surface area contributed by atoms with Gasteiger partial charge in [-0.05, 0) is 39.5 Å². The van der Waals surface area contributed by atoms with E-state index in [2.05, 4.69) is 133 Å². The molecule has 0 radical (unpaired) electrons. The zero-order valence-corrected chi connectivity index (χ0v) is 27.5. The number of benzene rings is 4. The van der Waals surface area contributed by atoms with Crippen molar-refractivity contribution in [2.24, 2.45) is 0 Å². The van der Waals surface area contributed by atoms with Gasteiger partial charge in [0.2, 0.25) is 0 Å². The van der Waals surface area contributed by atoms with Gasteiger partial charge in [0.15, 0.2) is 6.23 Å². The van der Waals surface area contributed by atoms with Crippen LogP contribution in [0.5, 0.6) is 0 Å². The van der Waals surface area contributed by atoms with E-state index in [1.165, 1.54) is 15.9 Å². The topological polar surface area (TPSA) is 66.7 Å². The van der Waals surface area contributed by atoms with Crippen molar-refractivity contribution in [3.63, 3.8) is 0 Å². The molecule has 0 saturated heterocycles. The summed E-state index contributed by atoms with van der Waals surface area (Å²) in [6, 6.07) is 38.3. The van der Waals surface area contributed by atoms with E-state index in [0.717, 1.165) is 47.2 Å². The predicted molar refractivity (Wildman–Crippen MR) is 187 cm³/mol. The molecule has 3 aliphatic rings. The predicted octanol–water partition coefficient (Wildman–Crippen LogP) is 5.88. The van der Waals surface area contributed by atoms with Crippen LogP contribution in [0.15, 0.2) is 115 Å². The Labute approximate surface area is 271 Å². The quantitative estimate of drug-likeness (QED) is 0.175. The number of aliphatic hydroxyl groups excluding tert-OH is 1. The van der Waals surface area contributed by atoms with Crippen LogP contribution in [0.2, 0.25) is 5.04 Å². The second-order valence-corrected chi connectivity index (χ2v) is 18.0. The minimum absolute atomic E-state index is 0.0153. The second-order valence-electron chi connectivity index (χ2n) is 13.6. The van der Waals surface area contributed by atoms with E-state index in [1.807, 2.05) is 12.1 Å². The SMILES string of the molecule is CC(C)(C)[Si](OCCCn1c2c(c3ccccc31)C1=C(C(O)NC1=O)N1c3ccccc3CC21)(c1ccccc1)c1ccccc1. The lowest BCUT2D eigenvalue weighted by molar-refractivity contribution is -0.116. The molecule has 1 amide bonds. The second kappa shape index (κ2) is 10.8. The van der Waals surface area contributed by atoms with Crippen LogP contribution in [0, 0.1) is 0 Å². The molecule has 3 aliphatic heterocycles. The van der Waals surface area contributed by atoms with Gasteiger partial charge in [0.25, 0.3) is 14.2 Å². The average Bonchev–Trinajstić information content (AvgIpc) is 3.70. The summed E-state index contributed by atoms with van der Waals surface area (Å²) in [6.45, 7) is 8.30. The van der Waals surface area contributed by atoms with Gasteiger partial charge in [0, 0.05) is 41.7 Å². The minimum atomic E-state index is -2.66. The maximum absolute atomic E-state index is 13.5. The summed E-state index contributed by atoms with van der Waals surface area (Å²) in [5, 5.41) is 17.5. The molecular weight excluding hydrogens is 587 g/mol. The van der Waals surface area contributed by atoms with Gasteiger partial charge in [-0.2, -0.15) is 0 Å². The van der Waals surface area contributed by atoms with E-state index in [-0.39, 0.29) is 17.0 Å². The maximum Gasteiger partial charge on any atom is 0.261 e. The fourth-order valence-corrected chi connectivity index (χ4v) is 12.9. The minimum Gasteiger partial charge on any atom is -0.407 e. The van der Waals surface area contributed by atoms with Crippen LogP contribution in [-0.4, -0.2) is 36.7 Å². The standard InChI is InChI=1S/C39H39N3O3Si/c1-39(2,3)46(27-16-6-4-7-17-27,28-18-8-5-9-19-28)45-24-14-23-41-31-22-13-11-20-29(31)33-34-36(38(44)40-37(34)43)42-30-21-12-10-15-26(30)25-32(42)35(33)41/h4-13,15-22,32,38,44H,14,23-25H2,1-3H3,(H,40,43). The highest BCUT2D eigenvalue weighted by molar-refractivity contribution is 6.99. The lowest BCUT2D eigenvalue weighted by atomic mass is 9.92. The van der Waals surface area contributed by atoms with Crippen molar-refractivity contribution >= 4 is 46.8 Å². The third-order valence-electron chi connectivity index (χ3n) is 10.1. The molecule has 6 nitrogen and oxygen atoms in total. The molecule has 4 heterocycles. The number of para-hydroxylation sites is 2. The van der Waals surface area contributed by atoms with Crippen LogP contribution in [0.1, 0.15) is 50.1 Å². The molecule has 0 saturated carbocycles.